The number of imide groups is 1. The maximum atomic E-state index is 13.4. The Bertz CT molecular complexity index is 854. The van der Waals surface area contributed by atoms with Crippen molar-refractivity contribution in [1.82, 2.24) is 35.3 Å². The molecule has 0 aromatic carbocycles. The van der Waals surface area contributed by atoms with Crippen molar-refractivity contribution in [2.75, 3.05) is 27.7 Å². The van der Waals surface area contributed by atoms with Gasteiger partial charge in [-0.2, -0.15) is 0 Å². The zero-order chi connectivity index (χ0) is 22.7. The lowest BCUT2D eigenvalue weighted by Crippen LogP contribution is -2.61. The van der Waals surface area contributed by atoms with Gasteiger partial charge in [0.2, 0.25) is 23.6 Å². The second kappa shape index (κ2) is 10.2. The van der Waals surface area contributed by atoms with Gasteiger partial charge in [-0.3, -0.25) is 24.1 Å². The van der Waals surface area contributed by atoms with Gasteiger partial charge >= 0.3 is 6.03 Å². The van der Waals surface area contributed by atoms with Crippen LogP contribution in [0.1, 0.15) is 25.0 Å². The van der Waals surface area contributed by atoms with Crippen LogP contribution < -0.4 is 10.6 Å². The maximum absolute atomic E-state index is 13.4. The Balaban J connectivity index is 0.00000363. The number of aromatic amines is 1. The molecule has 2 aliphatic rings. The van der Waals surface area contributed by atoms with Crippen molar-refractivity contribution in [3.63, 3.8) is 0 Å². The van der Waals surface area contributed by atoms with Gasteiger partial charge in [-0.15, -0.1) is 0 Å². The lowest BCUT2D eigenvalue weighted by molar-refractivity contribution is -0.144. The van der Waals surface area contributed by atoms with Crippen molar-refractivity contribution in [1.29, 1.82) is 0 Å². The fourth-order valence-electron chi connectivity index (χ4n) is 3.75. The summed E-state index contributed by atoms with van der Waals surface area (Å²) in [4.78, 5) is 73.1. The number of H-pyrrole nitrogens is 1. The summed E-state index contributed by atoms with van der Waals surface area (Å²) < 4.78 is 0. The molecular weight excluding hydrogens is 422 g/mol. The zero-order valence-corrected chi connectivity index (χ0v) is 18.3. The molecule has 13 nitrogen and oxygen atoms in total. The lowest BCUT2D eigenvalue weighted by atomic mass is 10.1. The number of nitrogens with zero attached hydrogens (tertiary/aromatic N) is 4. The van der Waals surface area contributed by atoms with E-state index in [-0.39, 0.29) is 24.2 Å². The minimum Gasteiger partial charge on any atom is -0.412 e. The van der Waals surface area contributed by atoms with Gasteiger partial charge in [0.05, 0.1) is 12.7 Å². The van der Waals surface area contributed by atoms with Gasteiger partial charge in [0, 0.05) is 46.0 Å². The number of nitrogens with one attached hydrogen (secondary N) is 3. The molecule has 3 rings (SSSR count). The Morgan fingerprint density at radius 2 is 2.03 bits per heavy atom. The molecule has 0 bridgehead atoms. The second-order valence-electron chi connectivity index (χ2n) is 7.92. The van der Waals surface area contributed by atoms with Gasteiger partial charge < -0.3 is 30.9 Å². The molecule has 6 amide bonds. The lowest BCUT2D eigenvalue weighted by Gasteiger charge is -2.32. The molecule has 2 saturated heterocycles. The third kappa shape index (κ3) is 5.22. The first kappa shape index (κ1) is 24.8. The van der Waals surface area contributed by atoms with Crippen LogP contribution in [0.4, 0.5) is 4.79 Å². The van der Waals surface area contributed by atoms with Crippen LogP contribution in [-0.4, -0.2) is 106 Å². The Labute approximate surface area is 184 Å². The number of carbonyl (C=O) groups excluding carboxylic acids is 5. The second-order valence-corrected chi connectivity index (χ2v) is 7.92. The van der Waals surface area contributed by atoms with E-state index in [1.165, 1.54) is 23.2 Å². The van der Waals surface area contributed by atoms with Crippen molar-refractivity contribution >= 4 is 29.7 Å². The van der Waals surface area contributed by atoms with E-state index >= 15 is 0 Å². The van der Waals surface area contributed by atoms with E-state index in [4.69, 9.17) is 0 Å². The highest BCUT2D eigenvalue weighted by molar-refractivity contribution is 6.03. The molecule has 32 heavy (non-hydrogen) atoms. The van der Waals surface area contributed by atoms with E-state index in [1.54, 1.807) is 20.3 Å². The van der Waals surface area contributed by atoms with Crippen LogP contribution in [0, 0.1) is 0 Å². The largest absolute Gasteiger partial charge is 0.412 e. The minimum atomic E-state index is -1.08. The van der Waals surface area contributed by atoms with Crippen LogP contribution in [0.3, 0.4) is 0 Å². The summed E-state index contributed by atoms with van der Waals surface area (Å²) in [6.45, 7) is 0.405. The molecule has 3 atom stereocenters. The summed E-state index contributed by atoms with van der Waals surface area (Å²) in [5.74, 6) is -1.70. The van der Waals surface area contributed by atoms with E-state index in [1.807, 2.05) is 0 Å². The molecule has 2 fully saturated rings. The van der Waals surface area contributed by atoms with Crippen molar-refractivity contribution in [3.05, 3.63) is 18.2 Å². The molecule has 1 aromatic heterocycles. The van der Waals surface area contributed by atoms with E-state index in [0.717, 1.165) is 4.90 Å². The van der Waals surface area contributed by atoms with Crippen LogP contribution >= 0.6 is 0 Å². The standard InChI is InChI=1S/C19H27N7O5.H2O/c1-24(2)18(30)14-5-4-6-26(14)17(29)13(7-11-9-20-10-21-11)22-16(28)12-8-15(27)25(3)19(31)23-12;/h9-10,12-14H,4-8H2,1-3H3,(H,20,21)(H,22,28)(H,23,31);1H2/t12?,13-,14-;/m0./s1. The number of amides is 6. The number of urea groups is 1. The summed E-state index contributed by atoms with van der Waals surface area (Å²) in [5.41, 5.74) is 0.622. The summed E-state index contributed by atoms with van der Waals surface area (Å²) in [6, 6.07) is -3.33. The summed E-state index contributed by atoms with van der Waals surface area (Å²) in [6.07, 6.45) is 4.15. The highest BCUT2D eigenvalue weighted by Crippen LogP contribution is 2.21. The average Bonchev–Trinajstić information content (AvgIpc) is 3.41. The third-order valence-electron chi connectivity index (χ3n) is 5.53. The van der Waals surface area contributed by atoms with Gasteiger partial charge in [-0.05, 0) is 12.8 Å². The van der Waals surface area contributed by atoms with Gasteiger partial charge in [0.25, 0.3) is 0 Å². The van der Waals surface area contributed by atoms with Gasteiger partial charge in [-0.25, -0.2) is 9.78 Å². The predicted octanol–water partition coefficient (Wildman–Crippen LogP) is -2.37. The summed E-state index contributed by atoms with van der Waals surface area (Å²) in [7, 11) is 4.59. The van der Waals surface area contributed by atoms with Crippen LogP contribution in [0.5, 0.6) is 0 Å². The highest BCUT2D eigenvalue weighted by Gasteiger charge is 2.40. The van der Waals surface area contributed by atoms with Crippen molar-refractivity contribution in [2.45, 2.75) is 43.8 Å². The summed E-state index contributed by atoms with van der Waals surface area (Å²) in [5, 5.41) is 5.12. The molecule has 1 aromatic rings. The normalized spacial score (nSPS) is 21.5. The quantitative estimate of drug-likeness (QED) is 0.435. The van der Waals surface area contributed by atoms with E-state index in [2.05, 4.69) is 20.6 Å². The highest BCUT2D eigenvalue weighted by atomic mass is 16.2. The molecule has 13 heteroatoms. The van der Waals surface area contributed by atoms with E-state index in [0.29, 0.717) is 25.1 Å². The van der Waals surface area contributed by atoms with Gasteiger partial charge in [0.1, 0.15) is 18.1 Å². The fourth-order valence-corrected chi connectivity index (χ4v) is 3.75. The van der Waals surface area contributed by atoms with Crippen molar-refractivity contribution < 1.29 is 29.4 Å². The molecule has 0 radical (unpaired) electrons. The first-order valence-electron chi connectivity index (χ1n) is 10.1. The van der Waals surface area contributed by atoms with Crippen LogP contribution in [-0.2, 0) is 25.6 Å². The molecule has 176 valence electrons. The van der Waals surface area contributed by atoms with Crippen LogP contribution in [0.15, 0.2) is 12.5 Å². The monoisotopic (exact) mass is 451 g/mol. The SMILES string of the molecule is CN(C)C(=O)[C@@H]1CCCN1C(=O)[C@H](Cc1cnc[nH]1)NC(=O)C1CC(=O)N(C)C(=O)N1.O. The Hall–Kier alpha value is -3.48. The van der Waals surface area contributed by atoms with Crippen LogP contribution in [0.2, 0.25) is 0 Å². The Kier molecular flexibility index (Phi) is 7.92. The number of rotatable bonds is 6. The molecular formula is C19H29N7O6. The fraction of sp³-hybridized carbons (Fsp3) is 0.579. The molecule has 0 saturated carbocycles. The first-order valence-corrected chi connectivity index (χ1v) is 10.1. The number of imidazole rings is 1. The Morgan fingerprint density at radius 3 is 2.62 bits per heavy atom. The van der Waals surface area contributed by atoms with Crippen molar-refractivity contribution in [3.8, 4) is 0 Å². The first-order chi connectivity index (χ1) is 14.7. The predicted molar refractivity (Wildman–Crippen MR) is 111 cm³/mol. The molecule has 1 unspecified atom stereocenters. The average molecular weight is 451 g/mol. The number of carbonyl (C=O) groups is 5. The number of likely N-dealkylation sites (N-methyl/N-ethyl adjacent to an activating group) is 1. The van der Waals surface area contributed by atoms with Crippen molar-refractivity contribution in [2.24, 2.45) is 0 Å². The number of aromatic nitrogens is 2. The van der Waals surface area contributed by atoms with Gasteiger partial charge in [-0.1, -0.05) is 0 Å². The third-order valence-corrected chi connectivity index (χ3v) is 5.53. The zero-order valence-electron chi connectivity index (χ0n) is 18.3. The van der Waals surface area contributed by atoms with E-state index in [9.17, 15) is 24.0 Å². The number of likely N-dealkylation sites (tertiary alicyclic amines) is 1. The smallest absolute Gasteiger partial charge is 0.324 e. The topological polar surface area (TPSA) is 179 Å². The molecule has 2 aliphatic heterocycles. The summed E-state index contributed by atoms with van der Waals surface area (Å²) >= 11 is 0. The molecule has 5 N–H and O–H groups in total. The Morgan fingerprint density at radius 1 is 1.31 bits per heavy atom. The minimum absolute atomic E-state index is 0. The molecule has 0 aliphatic carbocycles. The van der Waals surface area contributed by atoms with Gasteiger partial charge in [0.15, 0.2) is 0 Å². The van der Waals surface area contributed by atoms with E-state index < -0.39 is 41.9 Å². The number of hydrogen-bond acceptors (Lipinski definition) is 6. The maximum Gasteiger partial charge on any atom is 0.324 e. The molecule has 3 heterocycles. The van der Waals surface area contributed by atoms with Crippen LogP contribution in [0.25, 0.3) is 0 Å². The number of hydrogen-bond donors (Lipinski definition) is 3. The molecule has 0 spiro atoms.